The highest BCUT2D eigenvalue weighted by atomic mass is 32.2. The van der Waals surface area contributed by atoms with Crippen LogP contribution in [0.5, 0.6) is 11.6 Å². The number of aromatic nitrogens is 1. The van der Waals surface area contributed by atoms with E-state index in [0.717, 1.165) is 6.26 Å². The molecule has 0 aliphatic carbocycles. The molecule has 2 rings (SSSR count). The van der Waals surface area contributed by atoms with Crippen molar-refractivity contribution in [3.05, 3.63) is 48.2 Å². The second-order valence-electron chi connectivity index (χ2n) is 3.82. The Labute approximate surface area is 111 Å². The van der Waals surface area contributed by atoms with Gasteiger partial charge >= 0.3 is 0 Å². The topological polar surface area (TPSA) is 80.1 Å². The summed E-state index contributed by atoms with van der Waals surface area (Å²) in [4.78, 5) is 4.09. The Morgan fingerprint density at radius 1 is 1.26 bits per heavy atom. The molecule has 0 spiro atoms. The number of sulfone groups is 1. The van der Waals surface area contributed by atoms with Gasteiger partial charge in [-0.1, -0.05) is 6.07 Å². The molecular weight excluding hydrogens is 264 g/mol. The SMILES string of the molecule is CS(=O)(=O)c1cccc(Oc2ncccc2C#N)c1. The van der Waals surface area contributed by atoms with Crippen molar-refractivity contribution >= 4 is 9.84 Å². The van der Waals surface area contributed by atoms with E-state index in [0.29, 0.717) is 5.75 Å². The summed E-state index contributed by atoms with van der Waals surface area (Å²) in [6.45, 7) is 0. The number of benzene rings is 1. The summed E-state index contributed by atoms with van der Waals surface area (Å²) in [5.41, 5.74) is 0.284. The minimum Gasteiger partial charge on any atom is -0.438 e. The average Bonchev–Trinajstić information content (AvgIpc) is 2.39. The standard InChI is InChI=1S/C13H10N2O3S/c1-19(16,17)12-6-2-5-11(8-12)18-13-10(9-14)4-3-7-15-13/h2-8H,1H3. The van der Waals surface area contributed by atoms with Gasteiger partial charge in [0.2, 0.25) is 5.88 Å². The van der Waals surface area contributed by atoms with Crippen LogP contribution in [-0.2, 0) is 9.84 Å². The van der Waals surface area contributed by atoms with Crippen LogP contribution < -0.4 is 4.74 Å². The van der Waals surface area contributed by atoms with Gasteiger partial charge in [0.15, 0.2) is 9.84 Å². The molecule has 0 atom stereocenters. The number of ether oxygens (including phenoxy) is 1. The molecule has 0 bridgehead atoms. The first-order valence-corrected chi connectivity index (χ1v) is 7.23. The number of hydrogen-bond donors (Lipinski definition) is 0. The molecule has 0 saturated heterocycles. The van der Waals surface area contributed by atoms with Gasteiger partial charge in [0.1, 0.15) is 17.4 Å². The summed E-state index contributed by atoms with van der Waals surface area (Å²) < 4.78 is 28.3. The summed E-state index contributed by atoms with van der Waals surface area (Å²) in [6, 6.07) is 11.2. The molecule has 1 heterocycles. The molecule has 0 saturated carbocycles. The van der Waals surface area contributed by atoms with Crippen molar-refractivity contribution < 1.29 is 13.2 Å². The molecule has 5 nitrogen and oxygen atoms in total. The third-order valence-corrected chi connectivity index (χ3v) is 3.45. The van der Waals surface area contributed by atoms with Crippen molar-refractivity contribution in [1.29, 1.82) is 5.26 Å². The smallest absolute Gasteiger partial charge is 0.237 e. The fourth-order valence-electron chi connectivity index (χ4n) is 1.44. The number of nitriles is 1. The van der Waals surface area contributed by atoms with Gasteiger partial charge in [-0.2, -0.15) is 5.26 Å². The quantitative estimate of drug-likeness (QED) is 0.856. The van der Waals surface area contributed by atoms with E-state index >= 15 is 0 Å². The van der Waals surface area contributed by atoms with Crippen LogP contribution >= 0.6 is 0 Å². The second kappa shape index (κ2) is 5.08. The lowest BCUT2D eigenvalue weighted by molar-refractivity contribution is 0.459. The van der Waals surface area contributed by atoms with Gasteiger partial charge in [0.25, 0.3) is 0 Å². The van der Waals surface area contributed by atoms with Crippen LogP contribution in [-0.4, -0.2) is 19.7 Å². The predicted octanol–water partition coefficient (Wildman–Crippen LogP) is 2.15. The Bertz CT molecular complexity index is 748. The summed E-state index contributed by atoms with van der Waals surface area (Å²) >= 11 is 0. The Morgan fingerprint density at radius 2 is 2.05 bits per heavy atom. The lowest BCUT2D eigenvalue weighted by Gasteiger charge is -2.07. The maximum atomic E-state index is 11.4. The van der Waals surface area contributed by atoms with E-state index in [4.69, 9.17) is 10.00 Å². The lowest BCUT2D eigenvalue weighted by Crippen LogP contribution is -1.97. The zero-order chi connectivity index (χ0) is 13.9. The van der Waals surface area contributed by atoms with E-state index < -0.39 is 9.84 Å². The van der Waals surface area contributed by atoms with E-state index in [2.05, 4.69) is 4.98 Å². The monoisotopic (exact) mass is 274 g/mol. The second-order valence-corrected chi connectivity index (χ2v) is 5.83. The molecule has 1 aromatic carbocycles. The molecule has 0 aliphatic heterocycles. The lowest BCUT2D eigenvalue weighted by atomic mass is 10.3. The summed E-state index contributed by atoms with van der Waals surface area (Å²) in [7, 11) is -3.30. The molecule has 19 heavy (non-hydrogen) atoms. The van der Waals surface area contributed by atoms with Crippen LogP contribution in [0, 0.1) is 11.3 Å². The highest BCUT2D eigenvalue weighted by Gasteiger charge is 2.10. The van der Waals surface area contributed by atoms with E-state index in [9.17, 15) is 8.42 Å². The maximum absolute atomic E-state index is 11.4. The van der Waals surface area contributed by atoms with Crippen LogP contribution in [0.3, 0.4) is 0 Å². The summed E-state index contributed by atoms with van der Waals surface area (Å²) in [6.07, 6.45) is 2.62. The van der Waals surface area contributed by atoms with Gasteiger partial charge < -0.3 is 4.74 Å². The highest BCUT2D eigenvalue weighted by Crippen LogP contribution is 2.24. The minimum absolute atomic E-state index is 0.149. The van der Waals surface area contributed by atoms with Gasteiger partial charge in [0, 0.05) is 12.5 Å². The fraction of sp³-hybridized carbons (Fsp3) is 0.0769. The third-order valence-electron chi connectivity index (χ3n) is 2.34. The summed E-state index contributed by atoms with van der Waals surface area (Å²) in [5, 5.41) is 8.91. The number of rotatable bonds is 3. The van der Waals surface area contributed by atoms with Crippen molar-refractivity contribution in [1.82, 2.24) is 4.98 Å². The van der Waals surface area contributed by atoms with E-state index in [-0.39, 0.29) is 16.3 Å². The Hall–Kier alpha value is -2.39. The number of hydrogen-bond acceptors (Lipinski definition) is 5. The number of pyridine rings is 1. The first kappa shape index (κ1) is 13.1. The minimum atomic E-state index is -3.30. The van der Waals surface area contributed by atoms with Crippen LogP contribution in [0.25, 0.3) is 0 Å². The molecular formula is C13H10N2O3S. The Kier molecular flexibility index (Phi) is 3.49. The van der Waals surface area contributed by atoms with Crippen molar-refractivity contribution in [2.75, 3.05) is 6.26 Å². The van der Waals surface area contributed by atoms with Gasteiger partial charge in [0.05, 0.1) is 4.90 Å². The molecule has 6 heteroatoms. The van der Waals surface area contributed by atoms with Crippen LogP contribution in [0.2, 0.25) is 0 Å². The third kappa shape index (κ3) is 3.09. The zero-order valence-corrected chi connectivity index (χ0v) is 10.9. The van der Waals surface area contributed by atoms with Crippen LogP contribution in [0.1, 0.15) is 5.56 Å². The molecule has 0 unspecified atom stereocenters. The Balaban J connectivity index is 2.37. The molecule has 0 fully saturated rings. The largest absolute Gasteiger partial charge is 0.438 e. The fourth-order valence-corrected chi connectivity index (χ4v) is 2.09. The van der Waals surface area contributed by atoms with Crippen LogP contribution in [0.4, 0.5) is 0 Å². The highest BCUT2D eigenvalue weighted by molar-refractivity contribution is 7.90. The zero-order valence-electron chi connectivity index (χ0n) is 10.1. The molecule has 96 valence electrons. The van der Waals surface area contributed by atoms with Crippen molar-refractivity contribution in [3.63, 3.8) is 0 Å². The van der Waals surface area contributed by atoms with Crippen molar-refractivity contribution in [3.8, 4) is 17.7 Å². The van der Waals surface area contributed by atoms with Crippen molar-refractivity contribution in [2.24, 2.45) is 0 Å². The Morgan fingerprint density at radius 3 is 2.74 bits per heavy atom. The van der Waals surface area contributed by atoms with Gasteiger partial charge in [-0.25, -0.2) is 13.4 Å². The molecule has 0 amide bonds. The van der Waals surface area contributed by atoms with Crippen LogP contribution in [0.15, 0.2) is 47.5 Å². The normalized spacial score (nSPS) is 10.7. The maximum Gasteiger partial charge on any atom is 0.237 e. The molecule has 0 radical (unpaired) electrons. The average molecular weight is 274 g/mol. The van der Waals surface area contributed by atoms with Gasteiger partial charge in [-0.15, -0.1) is 0 Å². The molecule has 1 aromatic heterocycles. The van der Waals surface area contributed by atoms with Crippen molar-refractivity contribution in [2.45, 2.75) is 4.90 Å². The van der Waals surface area contributed by atoms with E-state index in [1.54, 1.807) is 24.3 Å². The molecule has 0 N–H and O–H groups in total. The summed E-state index contributed by atoms with van der Waals surface area (Å²) in [5.74, 6) is 0.466. The molecule has 2 aromatic rings. The number of nitrogens with zero attached hydrogens (tertiary/aromatic N) is 2. The predicted molar refractivity (Wildman–Crippen MR) is 68.6 cm³/mol. The first-order valence-electron chi connectivity index (χ1n) is 5.34. The van der Waals surface area contributed by atoms with Gasteiger partial charge in [-0.3, -0.25) is 0 Å². The molecule has 0 aliphatic rings. The van der Waals surface area contributed by atoms with E-state index in [1.165, 1.54) is 18.3 Å². The van der Waals surface area contributed by atoms with Gasteiger partial charge in [-0.05, 0) is 30.3 Å². The first-order chi connectivity index (χ1) is 9.00. The van der Waals surface area contributed by atoms with E-state index in [1.807, 2.05) is 6.07 Å².